The first kappa shape index (κ1) is 12.4. The van der Waals surface area contributed by atoms with Gasteiger partial charge in [-0.3, -0.25) is 4.90 Å². The number of rotatable bonds is 7. The summed E-state index contributed by atoms with van der Waals surface area (Å²) >= 11 is 0. The Kier molecular flexibility index (Phi) is 4.40. The fourth-order valence-corrected chi connectivity index (χ4v) is 2.05. The molecule has 1 saturated carbocycles. The van der Waals surface area contributed by atoms with Crippen LogP contribution >= 0.6 is 0 Å². The third-order valence-corrected chi connectivity index (χ3v) is 3.22. The van der Waals surface area contributed by atoms with Crippen molar-refractivity contribution in [2.24, 2.45) is 0 Å². The van der Waals surface area contributed by atoms with Crippen LogP contribution in [-0.4, -0.2) is 30.7 Å². The number of nitrogen functional groups attached to an aromatic ring is 1. The molecule has 0 bridgehead atoms. The van der Waals surface area contributed by atoms with Crippen LogP contribution in [0.3, 0.4) is 0 Å². The average molecular weight is 234 g/mol. The van der Waals surface area contributed by atoms with Gasteiger partial charge in [0, 0.05) is 31.4 Å². The minimum Gasteiger partial charge on any atom is -0.398 e. The van der Waals surface area contributed by atoms with E-state index in [4.69, 9.17) is 10.5 Å². The zero-order valence-corrected chi connectivity index (χ0v) is 10.6. The van der Waals surface area contributed by atoms with Crippen LogP contribution in [0.5, 0.6) is 0 Å². The molecule has 2 rings (SSSR count). The zero-order chi connectivity index (χ0) is 12.1. The lowest BCUT2D eigenvalue weighted by atomic mass is 10.1. The topological polar surface area (TPSA) is 38.5 Å². The van der Waals surface area contributed by atoms with Crippen molar-refractivity contribution in [3.63, 3.8) is 0 Å². The quantitative estimate of drug-likeness (QED) is 0.581. The predicted molar refractivity (Wildman–Crippen MR) is 70.8 cm³/mol. The van der Waals surface area contributed by atoms with Crippen molar-refractivity contribution in [1.82, 2.24) is 4.90 Å². The van der Waals surface area contributed by atoms with Gasteiger partial charge in [0.05, 0.1) is 6.61 Å². The van der Waals surface area contributed by atoms with Gasteiger partial charge in [0.2, 0.25) is 0 Å². The molecule has 1 aromatic carbocycles. The second-order valence-electron chi connectivity index (χ2n) is 4.60. The van der Waals surface area contributed by atoms with Crippen LogP contribution < -0.4 is 5.73 Å². The SMILES string of the molecule is CCOCCN(Cc1ccccc1N)C1CC1. The smallest absolute Gasteiger partial charge is 0.0593 e. The minimum atomic E-state index is 0.745. The number of anilines is 1. The van der Waals surface area contributed by atoms with Crippen LogP contribution in [-0.2, 0) is 11.3 Å². The molecule has 1 aliphatic rings. The summed E-state index contributed by atoms with van der Waals surface area (Å²) in [5, 5.41) is 0. The highest BCUT2D eigenvalue weighted by molar-refractivity contribution is 5.46. The van der Waals surface area contributed by atoms with Crippen molar-refractivity contribution >= 4 is 5.69 Å². The highest BCUT2D eigenvalue weighted by atomic mass is 16.5. The molecule has 0 saturated heterocycles. The van der Waals surface area contributed by atoms with Gasteiger partial charge in [-0.1, -0.05) is 18.2 Å². The van der Waals surface area contributed by atoms with Crippen LogP contribution in [0, 0.1) is 0 Å². The molecule has 3 nitrogen and oxygen atoms in total. The van der Waals surface area contributed by atoms with Gasteiger partial charge >= 0.3 is 0 Å². The number of nitrogens with zero attached hydrogens (tertiary/aromatic N) is 1. The van der Waals surface area contributed by atoms with Crippen LogP contribution in [0.1, 0.15) is 25.3 Å². The van der Waals surface area contributed by atoms with Crippen LogP contribution in [0.4, 0.5) is 5.69 Å². The van der Waals surface area contributed by atoms with E-state index in [0.29, 0.717) is 0 Å². The molecular formula is C14H22N2O. The Hall–Kier alpha value is -1.06. The van der Waals surface area contributed by atoms with Crippen molar-refractivity contribution in [3.8, 4) is 0 Å². The lowest BCUT2D eigenvalue weighted by molar-refractivity contribution is 0.107. The summed E-state index contributed by atoms with van der Waals surface area (Å²) in [6.45, 7) is 5.61. The molecule has 94 valence electrons. The molecule has 0 radical (unpaired) electrons. The number of nitrogens with two attached hydrogens (primary N) is 1. The van der Waals surface area contributed by atoms with E-state index in [-0.39, 0.29) is 0 Å². The molecular weight excluding hydrogens is 212 g/mol. The van der Waals surface area contributed by atoms with Gasteiger partial charge in [-0.15, -0.1) is 0 Å². The molecule has 0 aliphatic heterocycles. The lowest BCUT2D eigenvalue weighted by Crippen LogP contribution is -2.29. The Bertz CT molecular complexity index is 350. The van der Waals surface area contributed by atoms with Crippen molar-refractivity contribution < 1.29 is 4.74 Å². The second kappa shape index (κ2) is 6.03. The van der Waals surface area contributed by atoms with Gasteiger partial charge in [0.25, 0.3) is 0 Å². The third-order valence-electron chi connectivity index (χ3n) is 3.22. The van der Waals surface area contributed by atoms with Gasteiger partial charge in [-0.2, -0.15) is 0 Å². The second-order valence-corrected chi connectivity index (χ2v) is 4.60. The summed E-state index contributed by atoms with van der Waals surface area (Å²) in [7, 11) is 0. The average Bonchev–Trinajstić information content (AvgIpc) is 3.15. The largest absolute Gasteiger partial charge is 0.398 e. The van der Waals surface area contributed by atoms with Gasteiger partial charge in [0.1, 0.15) is 0 Å². The molecule has 0 amide bonds. The maximum atomic E-state index is 5.99. The molecule has 1 aliphatic carbocycles. The van der Waals surface area contributed by atoms with E-state index in [1.807, 2.05) is 19.1 Å². The van der Waals surface area contributed by atoms with Crippen molar-refractivity contribution in [2.45, 2.75) is 32.4 Å². The van der Waals surface area contributed by atoms with E-state index < -0.39 is 0 Å². The summed E-state index contributed by atoms with van der Waals surface area (Å²) in [6.07, 6.45) is 2.64. The Morgan fingerprint density at radius 3 is 2.76 bits per heavy atom. The van der Waals surface area contributed by atoms with Gasteiger partial charge in [0.15, 0.2) is 0 Å². The highest BCUT2D eigenvalue weighted by Crippen LogP contribution is 2.28. The number of para-hydroxylation sites is 1. The molecule has 17 heavy (non-hydrogen) atoms. The van der Waals surface area contributed by atoms with Gasteiger partial charge in [-0.05, 0) is 31.4 Å². The maximum Gasteiger partial charge on any atom is 0.0593 e. The van der Waals surface area contributed by atoms with Crippen molar-refractivity contribution in [1.29, 1.82) is 0 Å². The first-order valence-corrected chi connectivity index (χ1v) is 6.46. The number of ether oxygens (including phenoxy) is 1. The van der Waals surface area contributed by atoms with E-state index in [2.05, 4.69) is 17.0 Å². The normalized spacial score (nSPS) is 15.4. The molecule has 3 heteroatoms. The fourth-order valence-electron chi connectivity index (χ4n) is 2.05. The Balaban J connectivity index is 1.91. The van der Waals surface area contributed by atoms with Crippen LogP contribution in [0.2, 0.25) is 0 Å². The number of benzene rings is 1. The molecule has 0 aromatic heterocycles. The van der Waals surface area contributed by atoms with E-state index in [9.17, 15) is 0 Å². The summed E-state index contributed by atoms with van der Waals surface area (Å²) in [5.74, 6) is 0. The zero-order valence-electron chi connectivity index (χ0n) is 10.6. The summed E-state index contributed by atoms with van der Waals surface area (Å²) < 4.78 is 5.44. The Morgan fingerprint density at radius 1 is 1.35 bits per heavy atom. The Labute approximate surface area is 104 Å². The van der Waals surface area contributed by atoms with Crippen LogP contribution in [0.15, 0.2) is 24.3 Å². The van der Waals surface area contributed by atoms with Crippen LogP contribution in [0.25, 0.3) is 0 Å². The molecule has 1 fully saturated rings. The van der Waals surface area contributed by atoms with E-state index in [0.717, 1.165) is 38.0 Å². The highest BCUT2D eigenvalue weighted by Gasteiger charge is 2.28. The molecule has 0 atom stereocenters. The van der Waals surface area contributed by atoms with Gasteiger partial charge in [-0.25, -0.2) is 0 Å². The molecule has 1 aromatic rings. The summed E-state index contributed by atoms with van der Waals surface area (Å²) in [6, 6.07) is 8.88. The third kappa shape index (κ3) is 3.72. The first-order valence-electron chi connectivity index (χ1n) is 6.46. The monoisotopic (exact) mass is 234 g/mol. The summed E-state index contributed by atoms with van der Waals surface area (Å²) in [4.78, 5) is 2.49. The van der Waals surface area contributed by atoms with Crippen molar-refractivity contribution in [3.05, 3.63) is 29.8 Å². The summed E-state index contributed by atoms with van der Waals surface area (Å²) in [5.41, 5.74) is 8.12. The molecule has 2 N–H and O–H groups in total. The first-order chi connectivity index (χ1) is 8.31. The number of hydrogen-bond donors (Lipinski definition) is 1. The Morgan fingerprint density at radius 2 is 2.12 bits per heavy atom. The standard InChI is InChI=1S/C14H22N2O/c1-2-17-10-9-16(13-7-8-13)11-12-5-3-4-6-14(12)15/h3-6,13H,2,7-11,15H2,1H3. The lowest BCUT2D eigenvalue weighted by Gasteiger charge is -2.22. The molecule has 0 spiro atoms. The molecule has 0 heterocycles. The van der Waals surface area contributed by atoms with E-state index in [1.54, 1.807) is 0 Å². The fraction of sp³-hybridized carbons (Fsp3) is 0.571. The minimum absolute atomic E-state index is 0.745. The number of hydrogen-bond acceptors (Lipinski definition) is 3. The van der Waals surface area contributed by atoms with E-state index in [1.165, 1.54) is 18.4 Å². The predicted octanol–water partition coefficient (Wildman–Crippen LogP) is 2.27. The molecule has 0 unspecified atom stereocenters. The van der Waals surface area contributed by atoms with Gasteiger partial charge < -0.3 is 10.5 Å². The van der Waals surface area contributed by atoms with Crippen molar-refractivity contribution in [2.75, 3.05) is 25.5 Å². The maximum absolute atomic E-state index is 5.99. The van der Waals surface area contributed by atoms with E-state index >= 15 is 0 Å².